The third-order valence-corrected chi connectivity index (χ3v) is 8.04. The fraction of sp³-hybridized carbons (Fsp3) is 0.379. The molecule has 2 aliphatic heterocycles. The Labute approximate surface area is 237 Å². The molecule has 0 aliphatic carbocycles. The van der Waals surface area contributed by atoms with Gasteiger partial charge in [-0.1, -0.05) is 41.4 Å². The second-order valence-corrected chi connectivity index (χ2v) is 11.0. The number of amides is 1. The van der Waals surface area contributed by atoms with Crippen LogP contribution >= 0.6 is 23.2 Å². The molecule has 0 unspecified atom stereocenters. The summed E-state index contributed by atoms with van der Waals surface area (Å²) in [6, 6.07) is 13.3. The first-order valence-corrected chi connectivity index (χ1v) is 13.9. The van der Waals surface area contributed by atoms with Crippen molar-refractivity contribution in [3.8, 4) is 0 Å². The monoisotopic (exact) mass is 573 g/mol. The van der Waals surface area contributed by atoms with Gasteiger partial charge in [-0.15, -0.1) is 0 Å². The Hall–Kier alpha value is -2.78. The molecule has 0 spiro atoms. The molecule has 1 N–H and O–H groups in total. The minimum atomic E-state index is -0.544. The van der Waals surface area contributed by atoms with Crippen molar-refractivity contribution in [2.24, 2.45) is 0 Å². The lowest BCUT2D eigenvalue weighted by Crippen LogP contribution is -2.53. The van der Waals surface area contributed by atoms with Crippen LogP contribution in [0.3, 0.4) is 0 Å². The van der Waals surface area contributed by atoms with Gasteiger partial charge in [0.25, 0.3) is 5.91 Å². The number of hydrogen-bond acceptors (Lipinski definition) is 5. The van der Waals surface area contributed by atoms with E-state index in [0.29, 0.717) is 46.1 Å². The molecular formula is C29H31Cl2F2N5O. The third kappa shape index (κ3) is 7.06. The number of piperazine rings is 1. The van der Waals surface area contributed by atoms with Crippen LogP contribution in [0, 0.1) is 11.6 Å². The van der Waals surface area contributed by atoms with E-state index in [2.05, 4.69) is 25.0 Å². The van der Waals surface area contributed by atoms with Crippen molar-refractivity contribution in [3.63, 3.8) is 0 Å². The van der Waals surface area contributed by atoms with Crippen LogP contribution in [-0.2, 0) is 13.1 Å². The van der Waals surface area contributed by atoms with Gasteiger partial charge in [-0.3, -0.25) is 14.6 Å². The van der Waals surface area contributed by atoms with Gasteiger partial charge in [0.15, 0.2) is 0 Å². The van der Waals surface area contributed by atoms with Gasteiger partial charge in [-0.25, -0.2) is 13.8 Å². The van der Waals surface area contributed by atoms with Gasteiger partial charge in [-0.05, 0) is 55.8 Å². The quantitative estimate of drug-likeness (QED) is 0.411. The molecule has 206 valence electrons. The molecule has 3 heterocycles. The minimum Gasteiger partial charge on any atom is -0.353 e. The number of anilines is 1. The summed E-state index contributed by atoms with van der Waals surface area (Å²) >= 11 is 12.6. The number of carbonyl (C=O) groups is 1. The second kappa shape index (κ2) is 12.6. The van der Waals surface area contributed by atoms with Crippen molar-refractivity contribution in [1.82, 2.24) is 20.1 Å². The van der Waals surface area contributed by atoms with Crippen molar-refractivity contribution in [1.29, 1.82) is 0 Å². The molecule has 0 radical (unpaired) electrons. The number of carbonyl (C=O) groups excluding carboxylic acids is 1. The van der Waals surface area contributed by atoms with E-state index >= 15 is 0 Å². The van der Waals surface area contributed by atoms with E-state index < -0.39 is 11.6 Å². The molecule has 2 aromatic carbocycles. The molecule has 0 saturated carbocycles. The lowest BCUT2D eigenvalue weighted by atomic mass is 10.0. The zero-order chi connectivity index (χ0) is 27.4. The van der Waals surface area contributed by atoms with Crippen molar-refractivity contribution < 1.29 is 13.6 Å². The van der Waals surface area contributed by atoms with Gasteiger partial charge < -0.3 is 10.2 Å². The first-order valence-electron chi connectivity index (χ1n) is 13.2. The van der Waals surface area contributed by atoms with E-state index in [-0.39, 0.29) is 5.91 Å². The normalized spacial score (nSPS) is 17.4. The number of nitrogens with zero attached hydrogens (tertiary/aromatic N) is 4. The maximum Gasteiger partial charge on any atom is 0.253 e. The summed E-state index contributed by atoms with van der Waals surface area (Å²) in [5.41, 5.74) is 1.87. The highest BCUT2D eigenvalue weighted by molar-refractivity contribution is 6.33. The van der Waals surface area contributed by atoms with Crippen LogP contribution in [0.2, 0.25) is 10.0 Å². The van der Waals surface area contributed by atoms with Crippen LogP contribution in [0.15, 0.2) is 54.7 Å². The Bertz CT molecular complexity index is 1310. The van der Waals surface area contributed by atoms with Crippen molar-refractivity contribution >= 4 is 34.9 Å². The first kappa shape index (κ1) is 27.8. The molecule has 6 nitrogen and oxygen atoms in total. The fourth-order valence-corrected chi connectivity index (χ4v) is 5.85. The zero-order valence-electron chi connectivity index (χ0n) is 21.6. The summed E-state index contributed by atoms with van der Waals surface area (Å²) in [4.78, 5) is 24.1. The van der Waals surface area contributed by atoms with E-state index in [1.54, 1.807) is 18.3 Å². The largest absolute Gasteiger partial charge is 0.353 e. The topological polar surface area (TPSA) is 51.7 Å². The van der Waals surface area contributed by atoms with E-state index in [4.69, 9.17) is 23.2 Å². The molecule has 39 heavy (non-hydrogen) atoms. The number of rotatable bonds is 7. The molecule has 2 saturated heterocycles. The Balaban J connectivity index is 1.09. The Kier molecular flexibility index (Phi) is 8.97. The summed E-state index contributed by atoms with van der Waals surface area (Å²) in [5.74, 6) is -0.572. The van der Waals surface area contributed by atoms with Gasteiger partial charge in [-0.2, -0.15) is 0 Å². The molecule has 3 aromatic rings. The second-order valence-electron chi connectivity index (χ2n) is 10.1. The number of hydrogen-bond donors (Lipinski definition) is 1. The molecule has 5 rings (SSSR count). The lowest BCUT2D eigenvalue weighted by molar-refractivity contribution is 0.0950. The highest BCUT2D eigenvalue weighted by Crippen LogP contribution is 2.27. The van der Waals surface area contributed by atoms with Crippen molar-refractivity contribution in [3.05, 3.63) is 93.1 Å². The van der Waals surface area contributed by atoms with Crippen LogP contribution in [0.1, 0.15) is 34.3 Å². The average molecular weight is 575 g/mol. The number of halogens is 4. The summed E-state index contributed by atoms with van der Waals surface area (Å²) in [7, 11) is 0. The number of piperidine rings is 1. The maximum atomic E-state index is 14.0. The number of pyridine rings is 1. The van der Waals surface area contributed by atoms with Gasteiger partial charge in [0.1, 0.15) is 17.5 Å². The molecule has 0 bridgehead atoms. The van der Waals surface area contributed by atoms with E-state index in [1.165, 1.54) is 12.1 Å². The highest BCUT2D eigenvalue weighted by atomic mass is 35.5. The number of nitrogens with one attached hydrogen (secondary N) is 1. The summed E-state index contributed by atoms with van der Waals surface area (Å²) in [5, 5.41) is 3.96. The van der Waals surface area contributed by atoms with E-state index in [0.717, 1.165) is 63.7 Å². The van der Waals surface area contributed by atoms with Gasteiger partial charge >= 0.3 is 0 Å². The zero-order valence-corrected chi connectivity index (χ0v) is 23.1. The predicted octanol–water partition coefficient (Wildman–Crippen LogP) is 5.38. The highest BCUT2D eigenvalue weighted by Gasteiger charge is 2.29. The van der Waals surface area contributed by atoms with Crippen LogP contribution in [-0.4, -0.2) is 66.0 Å². The van der Waals surface area contributed by atoms with Crippen LogP contribution in [0.4, 0.5) is 14.6 Å². The molecular weight excluding hydrogens is 543 g/mol. The molecule has 0 atom stereocenters. The number of aromatic nitrogens is 1. The van der Waals surface area contributed by atoms with Crippen molar-refractivity contribution in [2.45, 2.75) is 32.0 Å². The fourth-order valence-electron chi connectivity index (χ4n) is 5.35. The standard InChI is InChI=1S/C29H31Cl2F2N5O/c30-23-3-1-2-20(14-23)17-35-29(39)22-15-26(31)28(34-18-22)38-12-10-37(11-13-38)25-6-8-36(9-7-25)19-21-4-5-24(32)16-27(21)33/h1-5,14-16,18,25H,6-13,17,19H2,(H,35,39). The van der Waals surface area contributed by atoms with Crippen LogP contribution < -0.4 is 10.2 Å². The summed E-state index contributed by atoms with van der Waals surface area (Å²) < 4.78 is 27.2. The Morgan fingerprint density at radius 3 is 2.44 bits per heavy atom. The minimum absolute atomic E-state index is 0.241. The lowest BCUT2D eigenvalue weighted by Gasteiger charge is -2.43. The van der Waals surface area contributed by atoms with Crippen molar-refractivity contribution in [2.75, 3.05) is 44.2 Å². The van der Waals surface area contributed by atoms with E-state index in [1.807, 2.05) is 18.2 Å². The number of benzene rings is 2. The maximum absolute atomic E-state index is 14.0. The Morgan fingerprint density at radius 1 is 0.974 bits per heavy atom. The molecule has 1 amide bonds. The van der Waals surface area contributed by atoms with Gasteiger partial charge in [0.05, 0.1) is 10.6 Å². The molecule has 1 aromatic heterocycles. The summed E-state index contributed by atoms with van der Waals surface area (Å²) in [6.45, 7) is 6.04. The molecule has 2 fully saturated rings. The van der Waals surface area contributed by atoms with Gasteiger partial charge in [0.2, 0.25) is 0 Å². The smallest absolute Gasteiger partial charge is 0.253 e. The van der Waals surface area contributed by atoms with E-state index in [9.17, 15) is 13.6 Å². The predicted molar refractivity (Wildman–Crippen MR) is 150 cm³/mol. The van der Waals surface area contributed by atoms with Crippen LogP contribution in [0.25, 0.3) is 0 Å². The SMILES string of the molecule is O=C(NCc1cccc(Cl)c1)c1cnc(N2CCN(C3CCN(Cc4ccc(F)cc4F)CC3)CC2)c(Cl)c1. The number of likely N-dealkylation sites (tertiary alicyclic amines) is 1. The van der Waals surface area contributed by atoms with Gasteiger partial charge in [0, 0.05) is 68.2 Å². The third-order valence-electron chi connectivity index (χ3n) is 7.52. The molecule has 2 aliphatic rings. The summed E-state index contributed by atoms with van der Waals surface area (Å²) in [6.07, 6.45) is 3.60. The van der Waals surface area contributed by atoms with Crippen LogP contribution in [0.5, 0.6) is 0 Å². The first-order chi connectivity index (χ1) is 18.9. The molecule has 10 heteroatoms. The average Bonchev–Trinajstić information content (AvgIpc) is 2.94. The Morgan fingerprint density at radius 2 is 1.74 bits per heavy atom.